The van der Waals surface area contributed by atoms with Crippen LogP contribution in [0.3, 0.4) is 0 Å². The molecule has 0 unspecified atom stereocenters. The molecule has 0 aliphatic carbocycles. The highest BCUT2D eigenvalue weighted by molar-refractivity contribution is 7.89. The van der Waals surface area contributed by atoms with Gasteiger partial charge in [-0.2, -0.15) is 0 Å². The summed E-state index contributed by atoms with van der Waals surface area (Å²) in [4.78, 5) is 0.222. The van der Waals surface area contributed by atoms with E-state index in [1.165, 1.54) is 7.11 Å². The van der Waals surface area contributed by atoms with Gasteiger partial charge in [0.2, 0.25) is 10.0 Å². The SMILES string of the molecule is C=CCNC(=S)NCc1ccc(S(=O)(=O)NCCOC)cc1. The Balaban J connectivity index is 2.55. The Morgan fingerprint density at radius 3 is 2.59 bits per heavy atom. The minimum Gasteiger partial charge on any atom is -0.383 e. The number of nitrogens with one attached hydrogen (secondary N) is 3. The van der Waals surface area contributed by atoms with E-state index in [2.05, 4.69) is 21.9 Å². The molecule has 1 aromatic rings. The smallest absolute Gasteiger partial charge is 0.240 e. The van der Waals surface area contributed by atoms with Crippen molar-refractivity contribution in [2.45, 2.75) is 11.4 Å². The van der Waals surface area contributed by atoms with Crippen molar-refractivity contribution in [3.05, 3.63) is 42.5 Å². The van der Waals surface area contributed by atoms with Crippen molar-refractivity contribution < 1.29 is 13.2 Å². The Labute approximate surface area is 137 Å². The van der Waals surface area contributed by atoms with Gasteiger partial charge in [-0.3, -0.25) is 0 Å². The van der Waals surface area contributed by atoms with E-state index in [9.17, 15) is 8.42 Å². The number of benzene rings is 1. The molecule has 1 aromatic carbocycles. The Hall–Kier alpha value is -1.48. The van der Waals surface area contributed by atoms with Gasteiger partial charge in [-0.05, 0) is 29.9 Å². The molecule has 0 aromatic heterocycles. The first-order chi connectivity index (χ1) is 10.5. The number of thiocarbonyl (C=S) groups is 1. The molecule has 1 rings (SSSR count). The summed E-state index contributed by atoms with van der Waals surface area (Å²) < 4.78 is 31.2. The molecule has 0 aliphatic heterocycles. The van der Waals surface area contributed by atoms with Crippen LogP contribution in [0.25, 0.3) is 0 Å². The van der Waals surface area contributed by atoms with Crippen LogP contribution in [0.5, 0.6) is 0 Å². The van der Waals surface area contributed by atoms with Crippen molar-refractivity contribution in [3.63, 3.8) is 0 Å². The number of sulfonamides is 1. The van der Waals surface area contributed by atoms with E-state index in [0.717, 1.165) is 5.56 Å². The summed E-state index contributed by atoms with van der Waals surface area (Å²) in [6.45, 7) is 5.27. The average Bonchev–Trinajstić information content (AvgIpc) is 2.51. The van der Waals surface area contributed by atoms with E-state index in [1.807, 2.05) is 0 Å². The molecule has 22 heavy (non-hydrogen) atoms. The Bertz CT molecular complexity index is 586. The minimum absolute atomic E-state index is 0.222. The second-order valence-electron chi connectivity index (χ2n) is 4.39. The van der Waals surface area contributed by atoms with Crippen LogP contribution >= 0.6 is 12.2 Å². The lowest BCUT2D eigenvalue weighted by atomic mass is 10.2. The normalized spacial score (nSPS) is 11.0. The maximum Gasteiger partial charge on any atom is 0.240 e. The number of hydrogen-bond acceptors (Lipinski definition) is 4. The highest BCUT2D eigenvalue weighted by Crippen LogP contribution is 2.10. The monoisotopic (exact) mass is 343 g/mol. The molecule has 0 atom stereocenters. The van der Waals surface area contributed by atoms with Gasteiger partial charge in [-0.25, -0.2) is 13.1 Å². The summed E-state index contributed by atoms with van der Waals surface area (Å²) in [5.74, 6) is 0. The fraction of sp³-hybridized carbons (Fsp3) is 0.357. The molecule has 0 radical (unpaired) electrons. The molecule has 0 bridgehead atoms. The highest BCUT2D eigenvalue weighted by atomic mass is 32.2. The molecule has 0 aliphatic rings. The fourth-order valence-corrected chi connectivity index (χ4v) is 2.73. The Morgan fingerprint density at radius 2 is 2.00 bits per heavy atom. The first-order valence-corrected chi connectivity index (χ1v) is 8.59. The third-order valence-electron chi connectivity index (χ3n) is 2.69. The molecule has 122 valence electrons. The van der Waals surface area contributed by atoms with Gasteiger partial charge in [0.05, 0.1) is 11.5 Å². The molecule has 0 heterocycles. The summed E-state index contributed by atoms with van der Waals surface area (Å²) in [5.41, 5.74) is 0.929. The standard InChI is InChI=1S/C14H21N3O3S2/c1-3-8-15-14(21)16-11-12-4-6-13(7-5-12)22(18,19)17-9-10-20-2/h3-7,17H,1,8-11H2,2H3,(H2,15,16,21). The van der Waals surface area contributed by atoms with Gasteiger partial charge in [0.1, 0.15) is 0 Å². The molecule has 0 saturated carbocycles. The maximum atomic E-state index is 12.0. The highest BCUT2D eigenvalue weighted by Gasteiger charge is 2.12. The summed E-state index contributed by atoms with van der Waals surface area (Å²) in [5, 5.41) is 6.50. The molecule has 0 spiro atoms. The zero-order chi connectivity index (χ0) is 16.4. The predicted octanol–water partition coefficient (Wildman–Crippen LogP) is 0.761. The largest absolute Gasteiger partial charge is 0.383 e. The van der Waals surface area contributed by atoms with Crippen LogP contribution in [-0.2, 0) is 21.3 Å². The van der Waals surface area contributed by atoms with Crippen LogP contribution in [-0.4, -0.2) is 40.3 Å². The van der Waals surface area contributed by atoms with Crippen molar-refractivity contribution >= 4 is 27.4 Å². The van der Waals surface area contributed by atoms with E-state index in [1.54, 1.807) is 30.3 Å². The van der Waals surface area contributed by atoms with Crippen LogP contribution in [0.1, 0.15) is 5.56 Å². The van der Waals surface area contributed by atoms with Gasteiger partial charge >= 0.3 is 0 Å². The van der Waals surface area contributed by atoms with E-state index in [0.29, 0.717) is 24.8 Å². The number of rotatable bonds is 9. The van der Waals surface area contributed by atoms with Crippen molar-refractivity contribution in [2.75, 3.05) is 26.8 Å². The van der Waals surface area contributed by atoms with Crippen LogP contribution in [0, 0.1) is 0 Å². The zero-order valence-electron chi connectivity index (χ0n) is 12.5. The lowest BCUT2D eigenvalue weighted by Crippen LogP contribution is -2.34. The predicted molar refractivity (Wildman–Crippen MR) is 91.1 cm³/mol. The van der Waals surface area contributed by atoms with E-state index in [-0.39, 0.29) is 11.4 Å². The van der Waals surface area contributed by atoms with E-state index >= 15 is 0 Å². The second-order valence-corrected chi connectivity index (χ2v) is 6.56. The number of methoxy groups -OCH3 is 1. The van der Waals surface area contributed by atoms with Crippen LogP contribution < -0.4 is 15.4 Å². The number of hydrogen-bond donors (Lipinski definition) is 3. The topological polar surface area (TPSA) is 79.5 Å². The second kappa shape index (κ2) is 9.52. The quantitative estimate of drug-likeness (QED) is 0.349. The Kier molecular flexibility index (Phi) is 8.03. The zero-order valence-corrected chi connectivity index (χ0v) is 14.1. The third kappa shape index (κ3) is 6.52. The van der Waals surface area contributed by atoms with Gasteiger partial charge in [-0.15, -0.1) is 6.58 Å². The lowest BCUT2D eigenvalue weighted by molar-refractivity contribution is 0.204. The van der Waals surface area contributed by atoms with Crippen molar-refractivity contribution in [1.82, 2.24) is 15.4 Å². The first kappa shape index (κ1) is 18.6. The van der Waals surface area contributed by atoms with Crippen molar-refractivity contribution in [2.24, 2.45) is 0 Å². The summed E-state index contributed by atoms with van der Waals surface area (Å²) in [6, 6.07) is 6.61. The van der Waals surface area contributed by atoms with Crippen LogP contribution in [0.4, 0.5) is 0 Å². The maximum absolute atomic E-state index is 12.0. The first-order valence-electron chi connectivity index (χ1n) is 6.69. The molecule has 6 nitrogen and oxygen atoms in total. The number of ether oxygens (including phenoxy) is 1. The van der Waals surface area contributed by atoms with E-state index < -0.39 is 10.0 Å². The van der Waals surface area contributed by atoms with Crippen LogP contribution in [0.2, 0.25) is 0 Å². The summed E-state index contributed by atoms with van der Waals surface area (Å²) >= 11 is 5.08. The molecular formula is C14H21N3O3S2. The fourth-order valence-electron chi connectivity index (χ4n) is 1.56. The summed E-state index contributed by atoms with van der Waals surface area (Å²) in [7, 11) is -1.97. The van der Waals surface area contributed by atoms with Gasteiger partial charge < -0.3 is 15.4 Å². The molecular weight excluding hydrogens is 322 g/mol. The van der Waals surface area contributed by atoms with Gasteiger partial charge in [0, 0.05) is 26.7 Å². The van der Waals surface area contributed by atoms with Gasteiger partial charge in [-0.1, -0.05) is 18.2 Å². The van der Waals surface area contributed by atoms with Crippen molar-refractivity contribution in [3.8, 4) is 0 Å². The third-order valence-corrected chi connectivity index (χ3v) is 4.46. The van der Waals surface area contributed by atoms with E-state index in [4.69, 9.17) is 17.0 Å². The van der Waals surface area contributed by atoms with Gasteiger partial charge in [0.25, 0.3) is 0 Å². The molecule has 8 heteroatoms. The summed E-state index contributed by atoms with van der Waals surface area (Å²) in [6.07, 6.45) is 1.71. The van der Waals surface area contributed by atoms with Crippen molar-refractivity contribution in [1.29, 1.82) is 0 Å². The lowest BCUT2D eigenvalue weighted by Gasteiger charge is -2.10. The molecule has 3 N–H and O–H groups in total. The molecule has 0 fully saturated rings. The molecule has 0 amide bonds. The molecule has 0 saturated heterocycles. The van der Waals surface area contributed by atoms with Crippen LogP contribution in [0.15, 0.2) is 41.8 Å². The average molecular weight is 343 g/mol. The van der Waals surface area contributed by atoms with Gasteiger partial charge in [0.15, 0.2) is 5.11 Å². The Morgan fingerprint density at radius 1 is 1.32 bits per heavy atom. The minimum atomic E-state index is -3.49.